The lowest BCUT2D eigenvalue weighted by Crippen LogP contribution is -2.08. The summed E-state index contributed by atoms with van der Waals surface area (Å²) < 4.78 is 7.68. The summed E-state index contributed by atoms with van der Waals surface area (Å²) in [6, 6.07) is 19.3. The van der Waals surface area contributed by atoms with E-state index in [1.165, 1.54) is 6.08 Å². The lowest BCUT2D eigenvalue weighted by molar-refractivity contribution is -0.111. The van der Waals surface area contributed by atoms with Crippen LogP contribution in [0.25, 0.3) is 17.4 Å². The Hall–Kier alpha value is -1.86. The number of furan rings is 1. The van der Waals surface area contributed by atoms with E-state index in [4.69, 9.17) is 4.42 Å². The Labute approximate surface area is 162 Å². The predicted molar refractivity (Wildman–Crippen MR) is 109 cm³/mol. The number of hydrogen-bond acceptors (Lipinski definition) is 2. The van der Waals surface area contributed by atoms with E-state index < -0.39 is 0 Å². The molecule has 0 saturated carbocycles. The van der Waals surface area contributed by atoms with Crippen LogP contribution < -0.4 is 5.32 Å². The standard InChI is InChI=1S/C19H13BrINO2/c20-14-6-9-17(16(21)12-14)22-19(23)11-8-15-7-10-18(24-15)13-4-2-1-3-5-13/h1-12H,(H,22,23)/b11-8+. The number of hydrogen-bond donors (Lipinski definition) is 1. The minimum absolute atomic E-state index is 0.201. The van der Waals surface area contributed by atoms with Gasteiger partial charge in [0.1, 0.15) is 11.5 Å². The molecule has 0 fully saturated rings. The van der Waals surface area contributed by atoms with E-state index in [9.17, 15) is 4.79 Å². The molecule has 0 unspecified atom stereocenters. The molecule has 120 valence electrons. The molecule has 24 heavy (non-hydrogen) atoms. The van der Waals surface area contributed by atoms with Gasteiger partial charge < -0.3 is 9.73 Å². The van der Waals surface area contributed by atoms with E-state index in [1.54, 1.807) is 6.08 Å². The molecule has 0 atom stereocenters. The van der Waals surface area contributed by atoms with Crippen molar-refractivity contribution in [2.24, 2.45) is 0 Å². The van der Waals surface area contributed by atoms with Crippen LogP contribution >= 0.6 is 38.5 Å². The second kappa shape index (κ2) is 7.81. The minimum atomic E-state index is -0.201. The summed E-state index contributed by atoms with van der Waals surface area (Å²) in [6.45, 7) is 0. The molecule has 0 bridgehead atoms. The van der Waals surface area contributed by atoms with Gasteiger partial charge in [0.25, 0.3) is 0 Å². The van der Waals surface area contributed by atoms with Crippen LogP contribution in [0.4, 0.5) is 5.69 Å². The van der Waals surface area contributed by atoms with Gasteiger partial charge in [-0.05, 0) is 59.0 Å². The van der Waals surface area contributed by atoms with Crippen molar-refractivity contribution in [1.82, 2.24) is 0 Å². The Bertz CT molecular complexity index is 887. The fraction of sp³-hybridized carbons (Fsp3) is 0. The third kappa shape index (κ3) is 4.36. The highest BCUT2D eigenvalue weighted by Gasteiger charge is 2.05. The Kier molecular flexibility index (Phi) is 5.52. The lowest BCUT2D eigenvalue weighted by atomic mass is 10.2. The van der Waals surface area contributed by atoms with Crippen molar-refractivity contribution in [3.8, 4) is 11.3 Å². The second-order valence-electron chi connectivity index (χ2n) is 5.01. The zero-order chi connectivity index (χ0) is 16.9. The molecule has 3 rings (SSSR count). The van der Waals surface area contributed by atoms with Crippen LogP contribution in [-0.2, 0) is 4.79 Å². The molecule has 0 aliphatic carbocycles. The molecule has 1 amide bonds. The molecule has 5 heteroatoms. The van der Waals surface area contributed by atoms with Gasteiger partial charge in [0.2, 0.25) is 5.91 Å². The Morgan fingerprint density at radius 3 is 2.62 bits per heavy atom. The van der Waals surface area contributed by atoms with Crippen LogP contribution in [0.1, 0.15) is 5.76 Å². The quantitative estimate of drug-likeness (QED) is 0.359. The molecule has 2 aromatic carbocycles. The number of anilines is 1. The van der Waals surface area contributed by atoms with Crippen molar-refractivity contribution in [3.63, 3.8) is 0 Å². The van der Waals surface area contributed by atoms with Crippen molar-refractivity contribution >= 4 is 56.2 Å². The summed E-state index contributed by atoms with van der Waals surface area (Å²) in [5.74, 6) is 1.21. The fourth-order valence-corrected chi connectivity index (χ4v) is 3.56. The topological polar surface area (TPSA) is 42.2 Å². The average Bonchev–Trinajstić information content (AvgIpc) is 3.05. The minimum Gasteiger partial charge on any atom is -0.457 e. The molecule has 3 nitrogen and oxygen atoms in total. The van der Waals surface area contributed by atoms with Crippen molar-refractivity contribution in [2.75, 3.05) is 5.32 Å². The van der Waals surface area contributed by atoms with Crippen molar-refractivity contribution < 1.29 is 9.21 Å². The number of benzene rings is 2. The van der Waals surface area contributed by atoms with Gasteiger partial charge in [0, 0.05) is 19.7 Å². The van der Waals surface area contributed by atoms with Crippen LogP contribution in [0.15, 0.2) is 75.6 Å². The molecule has 0 radical (unpaired) electrons. The number of amides is 1. The number of carbonyl (C=O) groups excluding carboxylic acids is 1. The third-order valence-corrected chi connectivity index (χ3v) is 4.66. The Morgan fingerprint density at radius 2 is 1.88 bits per heavy atom. The van der Waals surface area contributed by atoms with Crippen LogP contribution in [0.3, 0.4) is 0 Å². The summed E-state index contributed by atoms with van der Waals surface area (Å²) in [5.41, 5.74) is 1.78. The summed E-state index contributed by atoms with van der Waals surface area (Å²) in [6.07, 6.45) is 3.12. The van der Waals surface area contributed by atoms with Gasteiger partial charge in [-0.3, -0.25) is 4.79 Å². The Morgan fingerprint density at radius 1 is 1.08 bits per heavy atom. The molecule has 1 N–H and O–H groups in total. The smallest absolute Gasteiger partial charge is 0.248 e. The maximum atomic E-state index is 12.0. The van der Waals surface area contributed by atoms with E-state index in [0.717, 1.165) is 25.1 Å². The van der Waals surface area contributed by atoms with Crippen molar-refractivity contribution in [2.45, 2.75) is 0 Å². The summed E-state index contributed by atoms with van der Waals surface area (Å²) in [5, 5.41) is 2.85. The highest BCUT2D eigenvalue weighted by molar-refractivity contribution is 14.1. The van der Waals surface area contributed by atoms with Gasteiger partial charge in [0.15, 0.2) is 0 Å². The predicted octanol–water partition coefficient (Wildman–Crippen LogP) is 5.97. The molecule has 0 aliphatic rings. The van der Waals surface area contributed by atoms with E-state index >= 15 is 0 Å². The summed E-state index contributed by atoms with van der Waals surface area (Å²) in [7, 11) is 0. The normalized spacial score (nSPS) is 10.9. The maximum Gasteiger partial charge on any atom is 0.248 e. The van der Waals surface area contributed by atoms with E-state index in [2.05, 4.69) is 43.8 Å². The number of rotatable bonds is 4. The molecule has 0 aliphatic heterocycles. The van der Waals surface area contributed by atoms with Crippen LogP contribution in [0.2, 0.25) is 0 Å². The first-order chi connectivity index (χ1) is 11.6. The summed E-state index contributed by atoms with van der Waals surface area (Å²) in [4.78, 5) is 12.0. The fourth-order valence-electron chi connectivity index (χ4n) is 2.12. The molecule has 0 spiro atoms. The first kappa shape index (κ1) is 17.0. The van der Waals surface area contributed by atoms with Gasteiger partial charge >= 0.3 is 0 Å². The molecular formula is C19H13BrINO2. The van der Waals surface area contributed by atoms with E-state index in [0.29, 0.717) is 5.76 Å². The first-order valence-corrected chi connectivity index (χ1v) is 9.08. The highest BCUT2D eigenvalue weighted by Crippen LogP contribution is 2.24. The highest BCUT2D eigenvalue weighted by atomic mass is 127. The van der Waals surface area contributed by atoms with Gasteiger partial charge in [-0.2, -0.15) is 0 Å². The van der Waals surface area contributed by atoms with Crippen LogP contribution in [-0.4, -0.2) is 5.91 Å². The molecular weight excluding hydrogens is 481 g/mol. The molecule has 0 saturated heterocycles. The van der Waals surface area contributed by atoms with Crippen molar-refractivity contribution in [3.05, 3.63) is 80.5 Å². The van der Waals surface area contributed by atoms with Crippen LogP contribution in [0, 0.1) is 3.57 Å². The van der Waals surface area contributed by atoms with Gasteiger partial charge in [-0.15, -0.1) is 0 Å². The van der Waals surface area contributed by atoms with E-state index in [-0.39, 0.29) is 5.91 Å². The lowest BCUT2D eigenvalue weighted by Gasteiger charge is -2.05. The third-order valence-electron chi connectivity index (χ3n) is 3.27. The number of carbonyl (C=O) groups is 1. The average molecular weight is 494 g/mol. The molecule has 1 heterocycles. The maximum absolute atomic E-state index is 12.0. The van der Waals surface area contributed by atoms with Gasteiger partial charge in [-0.1, -0.05) is 46.3 Å². The summed E-state index contributed by atoms with van der Waals surface area (Å²) >= 11 is 5.58. The largest absolute Gasteiger partial charge is 0.457 e. The number of halogens is 2. The monoisotopic (exact) mass is 493 g/mol. The second-order valence-corrected chi connectivity index (χ2v) is 7.09. The van der Waals surface area contributed by atoms with Crippen molar-refractivity contribution in [1.29, 1.82) is 0 Å². The molecule has 3 aromatic rings. The Balaban J connectivity index is 1.67. The zero-order valence-electron chi connectivity index (χ0n) is 12.5. The zero-order valence-corrected chi connectivity index (χ0v) is 16.2. The first-order valence-electron chi connectivity index (χ1n) is 7.21. The van der Waals surface area contributed by atoms with Gasteiger partial charge in [-0.25, -0.2) is 0 Å². The van der Waals surface area contributed by atoms with E-state index in [1.807, 2.05) is 60.7 Å². The molecule has 1 aromatic heterocycles. The van der Waals surface area contributed by atoms with Crippen LogP contribution in [0.5, 0.6) is 0 Å². The SMILES string of the molecule is O=C(/C=C/c1ccc(-c2ccccc2)o1)Nc1ccc(Br)cc1I. The van der Waals surface area contributed by atoms with Gasteiger partial charge in [0.05, 0.1) is 5.69 Å². The number of nitrogens with one attached hydrogen (secondary N) is 1.